The highest BCUT2D eigenvalue weighted by molar-refractivity contribution is 9.10. The minimum absolute atomic E-state index is 0.0308. The van der Waals surface area contributed by atoms with Crippen LogP contribution in [0.3, 0.4) is 0 Å². The zero-order chi connectivity index (χ0) is 10.1. The Labute approximate surface area is 97.4 Å². The molecule has 0 unspecified atom stereocenters. The number of hydrogen-bond donors (Lipinski definition) is 0. The molecule has 0 N–H and O–H groups in total. The van der Waals surface area contributed by atoms with Gasteiger partial charge in [-0.05, 0) is 45.2 Å². The van der Waals surface area contributed by atoms with E-state index < -0.39 is 0 Å². The fourth-order valence-electron chi connectivity index (χ4n) is 0.881. The van der Waals surface area contributed by atoms with E-state index in [4.69, 9.17) is 27.6 Å². The molecule has 0 atom stereocenters. The standard InChI is InChI=1S/C7H2BrCl2N3O/c8-3-1-2-14-4(3)5-11-6(9)13-7(10)12-5/h1-2H. The number of aromatic nitrogens is 3. The highest BCUT2D eigenvalue weighted by Crippen LogP contribution is 2.27. The van der Waals surface area contributed by atoms with Crippen LogP contribution >= 0.6 is 39.1 Å². The molecular weight excluding hydrogens is 293 g/mol. The maximum atomic E-state index is 5.62. The molecule has 0 amide bonds. The van der Waals surface area contributed by atoms with Crippen LogP contribution < -0.4 is 0 Å². The molecule has 0 aliphatic heterocycles. The van der Waals surface area contributed by atoms with Gasteiger partial charge in [0.15, 0.2) is 5.76 Å². The molecule has 0 bridgehead atoms. The molecule has 2 heterocycles. The summed E-state index contributed by atoms with van der Waals surface area (Å²) in [6.45, 7) is 0. The first-order chi connectivity index (χ1) is 6.66. The predicted molar refractivity (Wildman–Crippen MR) is 55.2 cm³/mol. The Balaban J connectivity index is 2.57. The van der Waals surface area contributed by atoms with Crippen molar-refractivity contribution in [3.05, 3.63) is 27.4 Å². The van der Waals surface area contributed by atoms with Crippen molar-refractivity contribution in [3.63, 3.8) is 0 Å². The van der Waals surface area contributed by atoms with Crippen LogP contribution in [-0.4, -0.2) is 15.0 Å². The van der Waals surface area contributed by atoms with E-state index >= 15 is 0 Å². The van der Waals surface area contributed by atoms with Gasteiger partial charge in [-0.3, -0.25) is 0 Å². The van der Waals surface area contributed by atoms with Crippen LogP contribution in [0.15, 0.2) is 21.2 Å². The minimum Gasteiger partial charge on any atom is -0.460 e. The maximum Gasteiger partial charge on any atom is 0.227 e. The van der Waals surface area contributed by atoms with Crippen LogP contribution in [0.4, 0.5) is 0 Å². The van der Waals surface area contributed by atoms with E-state index in [1.165, 1.54) is 6.26 Å². The number of nitrogens with zero attached hydrogens (tertiary/aromatic N) is 3. The van der Waals surface area contributed by atoms with Gasteiger partial charge in [0.1, 0.15) is 0 Å². The minimum atomic E-state index is 0.0308. The Morgan fingerprint density at radius 1 is 1.14 bits per heavy atom. The van der Waals surface area contributed by atoms with E-state index in [1.54, 1.807) is 6.07 Å². The lowest BCUT2D eigenvalue weighted by Gasteiger charge is -1.97. The van der Waals surface area contributed by atoms with Gasteiger partial charge in [0.05, 0.1) is 10.7 Å². The van der Waals surface area contributed by atoms with Crippen LogP contribution in [0.2, 0.25) is 10.6 Å². The van der Waals surface area contributed by atoms with Crippen molar-refractivity contribution in [3.8, 4) is 11.6 Å². The quantitative estimate of drug-likeness (QED) is 0.810. The van der Waals surface area contributed by atoms with Crippen molar-refractivity contribution in [1.82, 2.24) is 15.0 Å². The lowest BCUT2D eigenvalue weighted by Crippen LogP contribution is -1.92. The number of hydrogen-bond acceptors (Lipinski definition) is 4. The summed E-state index contributed by atoms with van der Waals surface area (Å²) in [5.41, 5.74) is 0. The van der Waals surface area contributed by atoms with Gasteiger partial charge in [-0.15, -0.1) is 0 Å². The first kappa shape index (κ1) is 9.89. The summed E-state index contributed by atoms with van der Waals surface area (Å²) in [6.07, 6.45) is 1.50. The van der Waals surface area contributed by atoms with Crippen LogP contribution in [0.25, 0.3) is 11.6 Å². The van der Waals surface area contributed by atoms with Gasteiger partial charge < -0.3 is 4.42 Å². The maximum absolute atomic E-state index is 5.62. The van der Waals surface area contributed by atoms with E-state index in [-0.39, 0.29) is 10.6 Å². The first-order valence-corrected chi connectivity index (χ1v) is 5.02. The molecular formula is C7H2BrCl2N3O. The van der Waals surface area contributed by atoms with Crippen LogP contribution in [-0.2, 0) is 0 Å². The van der Waals surface area contributed by atoms with Gasteiger partial charge in [-0.2, -0.15) is 15.0 Å². The van der Waals surface area contributed by atoms with E-state index in [1.807, 2.05) is 0 Å². The second-order valence-electron chi connectivity index (χ2n) is 2.29. The molecule has 0 saturated heterocycles. The zero-order valence-electron chi connectivity index (χ0n) is 6.54. The fourth-order valence-corrected chi connectivity index (χ4v) is 1.62. The van der Waals surface area contributed by atoms with Crippen molar-refractivity contribution < 1.29 is 4.42 Å². The Kier molecular flexibility index (Phi) is 2.71. The highest BCUT2D eigenvalue weighted by atomic mass is 79.9. The molecule has 0 aromatic carbocycles. The van der Waals surface area contributed by atoms with Crippen molar-refractivity contribution in [2.45, 2.75) is 0 Å². The molecule has 4 nitrogen and oxygen atoms in total. The first-order valence-electron chi connectivity index (χ1n) is 3.47. The Bertz CT molecular complexity index is 453. The van der Waals surface area contributed by atoms with Crippen molar-refractivity contribution in [2.75, 3.05) is 0 Å². The predicted octanol–water partition coefficient (Wildman–Crippen LogP) is 3.20. The smallest absolute Gasteiger partial charge is 0.227 e. The van der Waals surface area contributed by atoms with Gasteiger partial charge >= 0.3 is 0 Å². The van der Waals surface area contributed by atoms with Gasteiger partial charge in [-0.1, -0.05) is 0 Å². The molecule has 72 valence electrons. The Hall–Kier alpha value is -0.650. The second kappa shape index (κ2) is 3.84. The SMILES string of the molecule is Clc1nc(Cl)nc(-c2occc2Br)n1. The number of rotatable bonds is 1. The van der Waals surface area contributed by atoms with Gasteiger partial charge in [0.2, 0.25) is 16.4 Å². The molecule has 0 radical (unpaired) electrons. The van der Waals surface area contributed by atoms with Crippen LogP contribution in [0.1, 0.15) is 0 Å². The molecule has 0 fully saturated rings. The zero-order valence-corrected chi connectivity index (χ0v) is 9.64. The second-order valence-corrected chi connectivity index (χ2v) is 3.83. The van der Waals surface area contributed by atoms with E-state index in [9.17, 15) is 0 Å². The molecule has 2 aromatic heterocycles. The fraction of sp³-hybridized carbons (Fsp3) is 0. The third kappa shape index (κ3) is 1.89. The van der Waals surface area contributed by atoms with E-state index in [0.29, 0.717) is 11.6 Å². The third-order valence-electron chi connectivity index (χ3n) is 1.40. The van der Waals surface area contributed by atoms with Gasteiger partial charge in [-0.25, -0.2) is 0 Å². The summed E-state index contributed by atoms with van der Waals surface area (Å²) in [7, 11) is 0. The average molecular weight is 295 g/mol. The summed E-state index contributed by atoms with van der Waals surface area (Å²) in [5, 5.41) is 0.0617. The third-order valence-corrected chi connectivity index (χ3v) is 2.36. The molecule has 14 heavy (non-hydrogen) atoms. The van der Waals surface area contributed by atoms with Crippen LogP contribution in [0.5, 0.6) is 0 Å². The Morgan fingerprint density at radius 3 is 2.29 bits per heavy atom. The summed E-state index contributed by atoms with van der Waals surface area (Å²) < 4.78 is 5.88. The number of halogens is 3. The average Bonchev–Trinajstić information content (AvgIpc) is 2.49. The van der Waals surface area contributed by atoms with E-state index in [0.717, 1.165) is 4.47 Å². The molecule has 0 aliphatic rings. The highest BCUT2D eigenvalue weighted by Gasteiger charge is 2.12. The largest absolute Gasteiger partial charge is 0.460 e. The van der Waals surface area contributed by atoms with Gasteiger partial charge in [0.25, 0.3) is 0 Å². The summed E-state index contributed by atoms with van der Waals surface area (Å²) >= 11 is 14.5. The molecule has 7 heteroatoms. The van der Waals surface area contributed by atoms with Crippen molar-refractivity contribution in [1.29, 1.82) is 0 Å². The summed E-state index contributed by atoms with van der Waals surface area (Å²) in [6, 6.07) is 1.72. The molecule has 2 rings (SSSR count). The summed E-state index contributed by atoms with van der Waals surface area (Å²) in [4.78, 5) is 11.4. The lowest BCUT2D eigenvalue weighted by atomic mass is 10.4. The van der Waals surface area contributed by atoms with Crippen LogP contribution in [0, 0.1) is 0 Å². The molecule has 0 saturated carbocycles. The Morgan fingerprint density at radius 2 is 1.79 bits per heavy atom. The molecule has 0 spiro atoms. The number of furan rings is 1. The monoisotopic (exact) mass is 293 g/mol. The topological polar surface area (TPSA) is 51.8 Å². The lowest BCUT2D eigenvalue weighted by molar-refractivity contribution is 0.575. The van der Waals surface area contributed by atoms with E-state index in [2.05, 4.69) is 30.9 Å². The van der Waals surface area contributed by atoms with Crippen molar-refractivity contribution in [2.24, 2.45) is 0 Å². The normalized spacial score (nSPS) is 10.5. The summed E-state index contributed by atoms with van der Waals surface area (Å²) in [5.74, 6) is 0.767. The molecule has 0 aliphatic carbocycles. The van der Waals surface area contributed by atoms with Gasteiger partial charge in [0, 0.05) is 0 Å². The van der Waals surface area contributed by atoms with Crippen molar-refractivity contribution >= 4 is 39.1 Å². The molecule has 2 aromatic rings.